The molecule has 1 aromatic rings. The summed E-state index contributed by atoms with van der Waals surface area (Å²) < 4.78 is 0. The van der Waals surface area contributed by atoms with Crippen LogP contribution in [0.4, 0.5) is 0 Å². The lowest BCUT2D eigenvalue weighted by atomic mass is 9.95. The van der Waals surface area contributed by atoms with Crippen molar-refractivity contribution in [3.05, 3.63) is 35.9 Å². The highest BCUT2D eigenvalue weighted by Crippen LogP contribution is 2.20. The van der Waals surface area contributed by atoms with Crippen LogP contribution in [0.5, 0.6) is 0 Å². The van der Waals surface area contributed by atoms with Crippen molar-refractivity contribution < 1.29 is 5.11 Å². The van der Waals surface area contributed by atoms with Gasteiger partial charge in [-0.25, -0.2) is 0 Å². The number of hydrogen-bond donors (Lipinski definition) is 2. The van der Waals surface area contributed by atoms with Gasteiger partial charge in [0, 0.05) is 12.6 Å². The molecule has 0 aliphatic carbocycles. The van der Waals surface area contributed by atoms with Gasteiger partial charge in [-0.2, -0.15) is 0 Å². The lowest BCUT2D eigenvalue weighted by Crippen LogP contribution is -2.45. The number of piperidine rings is 1. The highest BCUT2D eigenvalue weighted by Gasteiger charge is 2.25. The Bertz CT molecular complexity index is 356. The molecular weight excluding hydrogens is 224 g/mol. The van der Waals surface area contributed by atoms with Crippen LogP contribution in [0.25, 0.3) is 0 Å². The second-order valence-electron chi connectivity index (χ2n) is 5.60. The highest BCUT2D eigenvalue weighted by molar-refractivity contribution is 5.21. The van der Waals surface area contributed by atoms with E-state index in [1.165, 1.54) is 12.8 Å². The topological polar surface area (TPSA) is 35.5 Å². The fourth-order valence-electron chi connectivity index (χ4n) is 2.46. The predicted octanol–water partition coefficient (Wildman–Crippen LogP) is 1.58. The Morgan fingerprint density at radius 2 is 1.89 bits per heavy atom. The third-order valence-electron chi connectivity index (χ3n) is 3.85. The van der Waals surface area contributed by atoms with Crippen LogP contribution in [-0.2, 0) is 5.60 Å². The maximum Gasteiger partial charge on any atom is 0.0992 e. The van der Waals surface area contributed by atoms with Gasteiger partial charge in [0.25, 0.3) is 0 Å². The Morgan fingerprint density at radius 1 is 1.28 bits per heavy atom. The molecule has 1 saturated heterocycles. The largest absolute Gasteiger partial charge is 0.384 e. The molecule has 1 aliphatic heterocycles. The van der Waals surface area contributed by atoms with E-state index in [2.05, 4.69) is 17.3 Å². The zero-order chi connectivity index (χ0) is 13.0. The summed E-state index contributed by atoms with van der Waals surface area (Å²) in [6.07, 6.45) is 2.34. The molecule has 0 saturated carbocycles. The Balaban J connectivity index is 1.86. The first-order chi connectivity index (χ1) is 8.58. The molecule has 0 amide bonds. The fourth-order valence-corrected chi connectivity index (χ4v) is 2.46. The lowest BCUT2D eigenvalue weighted by molar-refractivity contribution is 0.0508. The van der Waals surface area contributed by atoms with E-state index in [4.69, 9.17) is 0 Å². The van der Waals surface area contributed by atoms with Crippen molar-refractivity contribution in [1.29, 1.82) is 0 Å². The SMILES string of the molecule is CN1CCC(NCC(C)(O)c2ccccc2)CC1. The maximum atomic E-state index is 10.5. The molecule has 2 rings (SSSR count). The van der Waals surface area contributed by atoms with Crippen LogP contribution >= 0.6 is 0 Å². The van der Waals surface area contributed by atoms with Crippen LogP contribution in [-0.4, -0.2) is 42.7 Å². The third-order valence-corrected chi connectivity index (χ3v) is 3.85. The molecule has 3 heteroatoms. The van der Waals surface area contributed by atoms with Gasteiger partial charge >= 0.3 is 0 Å². The summed E-state index contributed by atoms with van der Waals surface area (Å²) in [6.45, 7) is 4.78. The first kappa shape index (κ1) is 13.5. The van der Waals surface area contributed by atoms with Gasteiger partial charge < -0.3 is 15.3 Å². The Kier molecular flexibility index (Phi) is 4.38. The minimum absolute atomic E-state index is 0.538. The molecule has 1 aromatic carbocycles. The van der Waals surface area contributed by atoms with E-state index >= 15 is 0 Å². The predicted molar refractivity (Wildman–Crippen MR) is 74.5 cm³/mol. The van der Waals surface area contributed by atoms with Crippen LogP contribution in [0, 0.1) is 0 Å². The normalized spacial score (nSPS) is 21.7. The van der Waals surface area contributed by atoms with E-state index < -0.39 is 5.60 Å². The van der Waals surface area contributed by atoms with Gasteiger partial charge in [-0.05, 0) is 45.5 Å². The Morgan fingerprint density at radius 3 is 2.50 bits per heavy atom. The van der Waals surface area contributed by atoms with Crippen molar-refractivity contribution in [2.24, 2.45) is 0 Å². The minimum Gasteiger partial charge on any atom is -0.384 e. The maximum absolute atomic E-state index is 10.5. The summed E-state index contributed by atoms with van der Waals surface area (Å²) in [5.41, 5.74) is 0.190. The average molecular weight is 248 g/mol. The molecule has 0 aromatic heterocycles. The van der Waals surface area contributed by atoms with Crippen LogP contribution in [0.1, 0.15) is 25.3 Å². The van der Waals surface area contributed by atoms with Gasteiger partial charge in [0.1, 0.15) is 0 Å². The highest BCUT2D eigenvalue weighted by atomic mass is 16.3. The standard InChI is InChI=1S/C15H24N2O/c1-15(18,13-6-4-3-5-7-13)12-16-14-8-10-17(2)11-9-14/h3-7,14,16,18H,8-12H2,1-2H3. The average Bonchev–Trinajstić information content (AvgIpc) is 2.39. The van der Waals surface area contributed by atoms with Gasteiger partial charge in [0.05, 0.1) is 5.60 Å². The zero-order valence-electron chi connectivity index (χ0n) is 11.4. The molecule has 1 heterocycles. The van der Waals surface area contributed by atoms with Crippen LogP contribution in [0.15, 0.2) is 30.3 Å². The summed E-state index contributed by atoms with van der Waals surface area (Å²) in [5, 5.41) is 14.0. The monoisotopic (exact) mass is 248 g/mol. The van der Waals surface area contributed by atoms with Gasteiger partial charge in [0.15, 0.2) is 0 Å². The zero-order valence-corrected chi connectivity index (χ0v) is 11.4. The summed E-state index contributed by atoms with van der Waals surface area (Å²) in [7, 11) is 2.16. The number of hydrogen-bond acceptors (Lipinski definition) is 3. The lowest BCUT2D eigenvalue weighted by Gasteiger charge is -2.32. The van der Waals surface area contributed by atoms with Gasteiger partial charge in [-0.15, -0.1) is 0 Å². The molecule has 100 valence electrons. The number of nitrogens with zero attached hydrogens (tertiary/aromatic N) is 1. The number of aliphatic hydroxyl groups is 1. The molecule has 18 heavy (non-hydrogen) atoms. The fraction of sp³-hybridized carbons (Fsp3) is 0.600. The molecule has 0 radical (unpaired) electrons. The summed E-state index contributed by atoms with van der Waals surface area (Å²) >= 11 is 0. The van der Waals surface area contributed by atoms with Gasteiger partial charge in [0.2, 0.25) is 0 Å². The molecular formula is C15H24N2O. The third kappa shape index (κ3) is 3.55. The first-order valence-corrected chi connectivity index (χ1v) is 6.78. The summed E-state index contributed by atoms with van der Waals surface area (Å²) in [5.74, 6) is 0. The van der Waals surface area contributed by atoms with E-state index in [0.717, 1.165) is 18.7 Å². The minimum atomic E-state index is -0.787. The molecule has 1 unspecified atom stereocenters. The Labute approximate surface area is 110 Å². The number of benzene rings is 1. The molecule has 1 fully saturated rings. The summed E-state index contributed by atoms with van der Waals surface area (Å²) in [6, 6.07) is 10.4. The smallest absolute Gasteiger partial charge is 0.0992 e. The van der Waals surface area contributed by atoms with Crippen molar-refractivity contribution >= 4 is 0 Å². The molecule has 0 bridgehead atoms. The second kappa shape index (κ2) is 5.83. The molecule has 2 N–H and O–H groups in total. The number of nitrogens with one attached hydrogen (secondary N) is 1. The van der Waals surface area contributed by atoms with Crippen molar-refractivity contribution in [2.45, 2.75) is 31.4 Å². The van der Waals surface area contributed by atoms with Crippen LogP contribution in [0.3, 0.4) is 0 Å². The van der Waals surface area contributed by atoms with E-state index in [1.54, 1.807) is 0 Å². The summed E-state index contributed by atoms with van der Waals surface area (Å²) in [4.78, 5) is 2.35. The van der Waals surface area contributed by atoms with Crippen LogP contribution < -0.4 is 5.32 Å². The van der Waals surface area contributed by atoms with Gasteiger partial charge in [-0.1, -0.05) is 30.3 Å². The molecule has 0 spiro atoms. The van der Waals surface area contributed by atoms with Crippen molar-refractivity contribution in [2.75, 3.05) is 26.7 Å². The van der Waals surface area contributed by atoms with E-state index in [-0.39, 0.29) is 0 Å². The Hall–Kier alpha value is -0.900. The second-order valence-corrected chi connectivity index (χ2v) is 5.60. The van der Waals surface area contributed by atoms with Crippen LogP contribution in [0.2, 0.25) is 0 Å². The van der Waals surface area contributed by atoms with Crippen molar-refractivity contribution in [3.8, 4) is 0 Å². The first-order valence-electron chi connectivity index (χ1n) is 6.78. The van der Waals surface area contributed by atoms with E-state index in [9.17, 15) is 5.11 Å². The van der Waals surface area contributed by atoms with Gasteiger partial charge in [-0.3, -0.25) is 0 Å². The quantitative estimate of drug-likeness (QED) is 0.849. The molecule has 3 nitrogen and oxygen atoms in total. The van der Waals surface area contributed by atoms with Crippen molar-refractivity contribution in [1.82, 2.24) is 10.2 Å². The van der Waals surface area contributed by atoms with E-state index in [0.29, 0.717) is 12.6 Å². The molecule has 1 aliphatic rings. The number of rotatable bonds is 4. The number of likely N-dealkylation sites (tertiary alicyclic amines) is 1. The van der Waals surface area contributed by atoms with Crippen molar-refractivity contribution in [3.63, 3.8) is 0 Å². The van der Waals surface area contributed by atoms with E-state index in [1.807, 2.05) is 37.3 Å². The molecule has 1 atom stereocenters.